The van der Waals surface area contributed by atoms with E-state index in [1.54, 1.807) is 25.4 Å². The van der Waals surface area contributed by atoms with E-state index in [0.29, 0.717) is 24.8 Å². The molecular formula is C16H20N4O3. The fourth-order valence-electron chi connectivity index (χ4n) is 2.91. The monoisotopic (exact) mass is 316 g/mol. The Bertz CT molecular complexity index is 744. The first-order valence-corrected chi connectivity index (χ1v) is 7.91. The third-order valence-electron chi connectivity index (χ3n) is 4.17. The van der Waals surface area contributed by atoms with Gasteiger partial charge in [-0.2, -0.15) is 0 Å². The molecule has 2 aromatic rings. The molecule has 0 radical (unpaired) electrons. The lowest BCUT2D eigenvalue weighted by molar-refractivity contribution is 0.0943. The highest BCUT2D eigenvalue weighted by Gasteiger charge is 2.19. The van der Waals surface area contributed by atoms with Gasteiger partial charge >= 0.3 is 0 Å². The van der Waals surface area contributed by atoms with Crippen LogP contribution in [0.2, 0.25) is 0 Å². The van der Waals surface area contributed by atoms with Crippen molar-refractivity contribution in [1.82, 2.24) is 20.0 Å². The number of hydrogen-bond acceptors (Lipinski definition) is 5. The number of aryl methyl sites for hydroxylation is 1. The maximum atomic E-state index is 12.1. The maximum absolute atomic E-state index is 12.1. The van der Waals surface area contributed by atoms with Crippen molar-refractivity contribution in [3.05, 3.63) is 46.0 Å². The zero-order valence-electron chi connectivity index (χ0n) is 13.1. The van der Waals surface area contributed by atoms with E-state index in [-0.39, 0.29) is 17.2 Å². The van der Waals surface area contributed by atoms with E-state index >= 15 is 0 Å². The third kappa shape index (κ3) is 3.67. The molecule has 7 heteroatoms. The molecule has 23 heavy (non-hydrogen) atoms. The molecule has 0 aromatic carbocycles. The first-order chi connectivity index (χ1) is 11.1. The number of amides is 1. The van der Waals surface area contributed by atoms with Crippen molar-refractivity contribution < 1.29 is 9.32 Å². The summed E-state index contributed by atoms with van der Waals surface area (Å²) in [5.41, 5.74) is 1.06. The van der Waals surface area contributed by atoms with Crippen LogP contribution < -0.4 is 10.9 Å². The summed E-state index contributed by atoms with van der Waals surface area (Å²) < 4.78 is 6.36. The summed E-state index contributed by atoms with van der Waals surface area (Å²) in [6.45, 7) is 2.43. The van der Waals surface area contributed by atoms with Crippen LogP contribution in [0.5, 0.6) is 0 Å². The van der Waals surface area contributed by atoms with E-state index in [0.717, 1.165) is 18.5 Å². The lowest BCUT2D eigenvalue weighted by Crippen LogP contribution is -2.31. The minimum Gasteiger partial charge on any atom is -0.361 e. The number of rotatable bonds is 5. The van der Waals surface area contributed by atoms with Crippen molar-refractivity contribution in [3.63, 3.8) is 0 Å². The highest BCUT2D eigenvalue weighted by atomic mass is 16.5. The number of nitrogens with one attached hydrogen (secondary N) is 1. The zero-order chi connectivity index (χ0) is 16.2. The van der Waals surface area contributed by atoms with Gasteiger partial charge in [-0.15, -0.1) is 0 Å². The van der Waals surface area contributed by atoms with Gasteiger partial charge in [0.1, 0.15) is 5.76 Å². The van der Waals surface area contributed by atoms with Gasteiger partial charge in [-0.3, -0.25) is 14.2 Å². The van der Waals surface area contributed by atoms with Gasteiger partial charge in [0, 0.05) is 31.1 Å². The number of aromatic nitrogens is 3. The Hall–Kier alpha value is -2.44. The molecule has 7 nitrogen and oxygen atoms in total. The van der Waals surface area contributed by atoms with E-state index in [4.69, 9.17) is 4.52 Å². The van der Waals surface area contributed by atoms with Gasteiger partial charge in [-0.25, -0.2) is 4.98 Å². The SMILES string of the molecule is Cc1cc(C(=O)NCCn2cnc(C3CCCC3)cc2=O)no1. The minimum absolute atomic E-state index is 0.0755. The Kier molecular flexibility index (Phi) is 4.55. The number of hydrogen-bond donors (Lipinski definition) is 1. The van der Waals surface area contributed by atoms with Crippen LogP contribution >= 0.6 is 0 Å². The predicted octanol–water partition coefficient (Wildman–Crippen LogP) is 1.63. The topological polar surface area (TPSA) is 90.0 Å². The molecule has 122 valence electrons. The molecule has 1 saturated carbocycles. The third-order valence-corrected chi connectivity index (χ3v) is 4.17. The maximum Gasteiger partial charge on any atom is 0.273 e. The van der Waals surface area contributed by atoms with Crippen molar-refractivity contribution in [3.8, 4) is 0 Å². The molecule has 1 aliphatic carbocycles. The normalized spacial score (nSPS) is 15.0. The summed E-state index contributed by atoms with van der Waals surface area (Å²) in [4.78, 5) is 28.4. The molecule has 2 aromatic heterocycles. The fourth-order valence-corrected chi connectivity index (χ4v) is 2.91. The summed E-state index contributed by atoms with van der Waals surface area (Å²) in [7, 11) is 0. The number of nitrogens with zero attached hydrogens (tertiary/aromatic N) is 3. The molecular weight excluding hydrogens is 296 g/mol. The fraction of sp³-hybridized carbons (Fsp3) is 0.500. The van der Waals surface area contributed by atoms with E-state index in [1.807, 2.05) is 0 Å². The highest BCUT2D eigenvalue weighted by Crippen LogP contribution is 2.32. The molecule has 0 bridgehead atoms. The zero-order valence-corrected chi connectivity index (χ0v) is 13.1. The van der Waals surface area contributed by atoms with E-state index in [9.17, 15) is 9.59 Å². The Labute approximate surface area is 133 Å². The Morgan fingerprint density at radius 1 is 1.39 bits per heavy atom. The predicted molar refractivity (Wildman–Crippen MR) is 83.3 cm³/mol. The molecule has 0 atom stereocenters. The van der Waals surface area contributed by atoms with Crippen LogP contribution in [0.1, 0.15) is 53.5 Å². The van der Waals surface area contributed by atoms with E-state index < -0.39 is 0 Å². The van der Waals surface area contributed by atoms with Gasteiger partial charge in [0.2, 0.25) is 0 Å². The molecule has 1 fully saturated rings. The van der Waals surface area contributed by atoms with Crippen molar-refractivity contribution in [2.45, 2.75) is 45.1 Å². The van der Waals surface area contributed by atoms with Crippen LogP contribution in [-0.4, -0.2) is 27.2 Å². The summed E-state index contributed by atoms with van der Waals surface area (Å²) in [6, 6.07) is 3.19. The van der Waals surface area contributed by atoms with Crippen molar-refractivity contribution >= 4 is 5.91 Å². The molecule has 1 N–H and O–H groups in total. The van der Waals surface area contributed by atoms with Crippen LogP contribution in [-0.2, 0) is 6.54 Å². The first kappa shape index (κ1) is 15.5. The van der Waals surface area contributed by atoms with Gasteiger partial charge in [-0.05, 0) is 19.8 Å². The van der Waals surface area contributed by atoms with Gasteiger partial charge < -0.3 is 9.84 Å². The molecule has 0 spiro atoms. The summed E-state index contributed by atoms with van der Waals surface area (Å²) in [5.74, 6) is 0.691. The van der Waals surface area contributed by atoms with Crippen LogP contribution in [0.25, 0.3) is 0 Å². The van der Waals surface area contributed by atoms with Gasteiger partial charge in [0.15, 0.2) is 5.69 Å². The number of carbonyl (C=O) groups is 1. The minimum atomic E-state index is -0.314. The van der Waals surface area contributed by atoms with Crippen LogP contribution in [0, 0.1) is 6.92 Å². The Balaban J connectivity index is 1.56. The Morgan fingerprint density at radius 3 is 2.83 bits per heavy atom. The van der Waals surface area contributed by atoms with Crippen LogP contribution in [0.3, 0.4) is 0 Å². The first-order valence-electron chi connectivity index (χ1n) is 7.91. The van der Waals surface area contributed by atoms with Crippen molar-refractivity contribution in [2.24, 2.45) is 0 Å². The average Bonchev–Trinajstić information content (AvgIpc) is 3.20. The molecule has 0 unspecified atom stereocenters. The Morgan fingerprint density at radius 2 is 2.17 bits per heavy atom. The smallest absolute Gasteiger partial charge is 0.273 e. The van der Waals surface area contributed by atoms with Crippen molar-refractivity contribution in [2.75, 3.05) is 6.54 Å². The van der Waals surface area contributed by atoms with Crippen LogP contribution in [0.4, 0.5) is 0 Å². The molecule has 0 saturated heterocycles. The highest BCUT2D eigenvalue weighted by molar-refractivity contribution is 5.92. The van der Waals surface area contributed by atoms with E-state index in [2.05, 4.69) is 15.5 Å². The van der Waals surface area contributed by atoms with Crippen LogP contribution in [0.15, 0.2) is 27.8 Å². The van der Waals surface area contributed by atoms with Gasteiger partial charge in [-0.1, -0.05) is 18.0 Å². The second-order valence-corrected chi connectivity index (χ2v) is 5.91. The van der Waals surface area contributed by atoms with E-state index in [1.165, 1.54) is 17.4 Å². The summed E-state index contributed by atoms with van der Waals surface area (Å²) >= 11 is 0. The van der Waals surface area contributed by atoms with Gasteiger partial charge in [0.25, 0.3) is 11.5 Å². The lowest BCUT2D eigenvalue weighted by Gasteiger charge is -2.10. The van der Waals surface area contributed by atoms with Crippen molar-refractivity contribution in [1.29, 1.82) is 0 Å². The summed E-state index contributed by atoms with van der Waals surface area (Å²) in [6.07, 6.45) is 6.22. The standard InChI is InChI=1S/C16H20N4O3/c1-11-8-14(19-23-11)16(22)17-6-7-20-10-18-13(9-15(20)21)12-4-2-3-5-12/h8-10,12H,2-7H2,1H3,(H,17,22). The molecule has 1 aliphatic rings. The largest absolute Gasteiger partial charge is 0.361 e. The second-order valence-electron chi connectivity index (χ2n) is 5.91. The molecule has 0 aliphatic heterocycles. The number of carbonyl (C=O) groups excluding carboxylic acids is 1. The lowest BCUT2D eigenvalue weighted by atomic mass is 10.0. The van der Waals surface area contributed by atoms with Gasteiger partial charge in [0.05, 0.1) is 12.0 Å². The average molecular weight is 316 g/mol. The molecule has 1 amide bonds. The molecule has 2 heterocycles. The molecule has 3 rings (SSSR count). The quantitative estimate of drug-likeness (QED) is 0.905. The second kappa shape index (κ2) is 6.76. The summed E-state index contributed by atoms with van der Waals surface area (Å²) in [5, 5.41) is 6.36.